The van der Waals surface area contributed by atoms with Crippen molar-refractivity contribution in [2.24, 2.45) is 0 Å². The number of piperidine rings is 1. The second kappa shape index (κ2) is 9.74. The zero-order valence-corrected chi connectivity index (χ0v) is 17.9. The van der Waals surface area contributed by atoms with Gasteiger partial charge in [-0.3, -0.25) is 9.69 Å². The van der Waals surface area contributed by atoms with Crippen LogP contribution in [0.15, 0.2) is 54.7 Å². The molecule has 32 heavy (non-hydrogen) atoms. The van der Waals surface area contributed by atoms with Gasteiger partial charge in [0.1, 0.15) is 11.6 Å². The standard InChI is InChI=1S/C24H26FN5O2/c1-32-19-10-8-18(9-11-19)28-22(31)15-30-12-3-2-7-21(30)23-20(14-27-24(26)29-23)16-5-4-6-17(25)13-16/h4-6,8-11,13-14,21H,2-3,7,12,15H2,1H3,(H,28,31)(H2,26,27,29)/t21-/m1/s1. The van der Waals surface area contributed by atoms with Crippen molar-refractivity contribution in [2.45, 2.75) is 25.3 Å². The van der Waals surface area contributed by atoms with Crippen LogP contribution in [-0.4, -0.2) is 41.0 Å². The number of aromatic nitrogens is 2. The largest absolute Gasteiger partial charge is 0.497 e. The predicted molar refractivity (Wildman–Crippen MR) is 122 cm³/mol. The van der Waals surface area contributed by atoms with Gasteiger partial charge in [-0.25, -0.2) is 14.4 Å². The first-order chi connectivity index (χ1) is 15.5. The van der Waals surface area contributed by atoms with E-state index < -0.39 is 0 Å². The second-order valence-corrected chi connectivity index (χ2v) is 7.80. The molecule has 1 aliphatic heterocycles. The normalized spacial score (nSPS) is 16.5. The van der Waals surface area contributed by atoms with Crippen LogP contribution >= 0.6 is 0 Å². The maximum atomic E-state index is 13.9. The van der Waals surface area contributed by atoms with Gasteiger partial charge < -0.3 is 15.8 Å². The third kappa shape index (κ3) is 5.03. The molecule has 0 spiro atoms. The molecule has 2 heterocycles. The molecule has 0 bridgehead atoms. The van der Waals surface area contributed by atoms with Gasteiger partial charge in [-0.1, -0.05) is 18.6 Å². The molecular weight excluding hydrogens is 409 g/mol. The van der Waals surface area contributed by atoms with Crippen LogP contribution in [-0.2, 0) is 4.79 Å². The zero-order valence-electron chi connectivity index (χ0n) is 17.9. The van der Waals surface area contributed by atoms with E-state index in [-0.39, 0.29) is 30.3 Å². The molecule has 1 amide bonds. The summed E-state index contributed by atoms with van der Waals surface area (Å²) in [4.78, 5) is 23.5. The Labute approximate surface area is 186 Å². The Bertz CT molecular complexity index is 1090. The van der Waals surface area contributed by atoms with Crippen LogP contribution in [0.3, 0.4) is 0 Å². The van der Waals surface area contributed by atoms with Crippen molar-refractivity contribution >= 4 is 17.5 Å². The molecular formula is C24H26FN5O2. The molecule has 0 radical (unpaired) electrons. The minimum atomic E-state index is -0.329. The molecule has 3 N–H and O–H groups in total. The Kier molecular flexibility index (Phi) is 6.61. The average molecular weight is 436 g/mol. The summed E-state index contributed by atoms with van der Waals surface area (Å²) in [6.45, 7) is 0.969. The number of nitrogens with two attached hydrogens (primary N) is 1. The maximum absolute atomic E-state index is 13.9. The van der Waals surface area contributed by atoms with Crippen molar-refractivity contribution < 1.29 is 13.9 Å². The number of nitrogens with zero attached hydrogens (tertiary/aromatic N) is 3. The SMILES string of the molecule is COc1ccc(NC(=O)CN2CCCC[C@@H]2c2nc(N)ncc2-c2cccc(F)c2)cc1. The smallest absolute Gasteiger partial charge is 0.238 e. The first-order valence-electron chi connectivity index (χ1n) is 10.6. The predicted octanol–water partition coefficient (Wildman–Crippen LogP) is 4.04. The number of hydrogen-bond donors (Lipinski definition) is 2. The van der Waals surface area contributed by atoms with Gasteiger partial charge in [-0.2, -0.15) is 0 Å². The highest BCUT2D eigenvalue weighted by molar-refractivity contribution is 5.92. The Morgan fingerprint density at radius 2 is 2.06 bits per heavy atom. The van der Waals surface area contributed by atoms with Crippen LogP contribution in [0.1, 0.15) is 31.0 Å². The van der Waals surface area contributed by atoms with Gasteiger partial charge in [0.05, 0.1) is 25.4 Å². The third-order valence-corrected chi connectivity index (χ3v) is 5.62. The van der Waals surface area contributed by atoms with Crippen LogP contribution < -0.4 is 15.8 Å². The van der Waals surface area contributed by atoms with Crippen LogP contribution in [0.25, 0.3) is 11.1 Å². The lowest BCUT2D eigenvalue weighted by atomic mass is 9.93. The minimum absolute atomic E-state index is 0.114. The lowest BCUT2D eigenvalue weighted by Crippen LogP contribution is -2.40. The number of hydrogen-bond acceptors (Lipinski definition) is 6. The molecule has 7 nitrogen and oxygen atoms in total. The monoisotopic (exact) mass is 435 g/mol. The molecule has 8 heteroatoms. The van der Waals surface area contributed by atoms with E-state index in [9.17, 15) is 9.18 Å². The summed E-state index contributed by atoms with van der Waals surface area (Å²) in [6.07, 6.45) is 4.46. The van der Waals surface area contributed by atoms with E-state index in [1.807, 2.05) is 6.07 Å². The Morgan fingerprint density at radius 3 is 2.81 bits per heavy atom. The van der Waals surface area contributed by atoms with E-state index in [0.29, 0.717) is 11.3 Å². The molecule has 0 aliphatic carbocycles. The number of halogens is 1. The van der Waals surface area contributed by atoms with E-state index in [0.717, 1.165) is 42.8 Å². The highest BCUT2D eigenvalue weighted by Gasteiger charge is 2.29. The van der Waals surface area contributed by atoms with Gasteiger partial charge in [0.2, 0.25) is 11.9 Å². The second-order valence-electron chi connectivity index (χ2n) is 7.80. The van der Waals surface area contributed by atoms with Crippen LogP contribution in [0.2, 0.25) is 0 Å². The molecule has 166 valence electrons. The molecule has 2 aromatic carbocycles. The highest BCUT2D eigenvalue weighted by atomic mass is 19.1. The molecule has 3 aromatic rings. The lowest BCUT2D eigenvalue weighted by molar-refractivity contribution is -0.118. The summed E-state index contributed by atoms with van der Waals surface area (Å²) in [5, 5.41) is 2.93. The van der Waals surface area contributed by atoms with Gasteiger partial charge in [0.25, 0.3) is 0 Å². The fraction of sp³-hybridized carbons (Fsp3) is 0.292. The number of rotatable bonds is 6. The number of ether oxygens (including phenoxy) is 1. The number of methoxy groups -OCH3 is 1. The fourth-order valence-electron chi connectivity index (χ4n) is 4.09. The summed E-state index contributed by atoms with van der Waals surface area (Å²) < 4.78 is 19.0. The van der Waals surface area contributed by atoms with Crippen LogP contribution in [0.4, 0.5) is 16.0 Å². The molecule has 1 atom stereocenters. The summed E-state index contributed by atoms with van der Waals surface area (Å²) in [7, 11) is 1.60. The third-order valence-electron chi connectivity index (χ3n) is 5.62. The number of amides is 1. The molecule has 1 fully saturated rings. The first-order valence-corrected chi connectivity index (χ1v) is 10.6. The molecule has 4 rings (SSSR count). The van der Waals surface area contributed by atoms with Crippen molar-refractivity contribution in [3.05, 3.63) is 66.2 Å². The molecule has 1 aliphatic rings. The van der Waals surface area contributed by atoms with Crippen molar-refractivity contribution in [1.29, 1.82) is 0 Å². The summed E-state index contributed by atoms with van der Waals surface area (Å²) in [5.74, 6) is 0.444. The van der Waals surface area contributed by atoms with Crippen LogP contribution in [0, 0.1) is 5.82 Å². The number of carbonyl (C=O) groups is 1. The van der Waals surface area contributed by atoms with Crippen LogP contribution in [0.5, 0.6) is 5.75 Å². The van der Waals surface area contributed by atoms with E-state index in [1.165, 1.54) is 12.1 Å². The number of carbonyl (C=O) groups excluding carboxylic acids is 1. The number of anilines is 2. The Hall–Kier alpha value is -3.52. The summed E-state index contributed by atoms with van der Waals surface area (Å²) in [5.41, 5.74) is 8.75. The van der Waals surface area contributed by atoms with E-state index in [4.69, 9.17) is 10.5 Å². The van der Waals surface area contributed by atoms with Gasteiger partial charge >= 0.3 is 0 Å². The highest BCUT2D eigenvalue weighted by Crippen LogP contribution is 2.36. The van der Waals surface area contributed by atoms with Crippen molar-refractivity contribution in [1.82, 2.24) is 14.9 Å². The van der Waals surface area contributed by atoms with Crippen molar-refractivity contribution in [3.8, 4) is 16.9 Å². The minimum Gasteiger partial charge on any atom is -0.497 e. The van der Waals surface area contributed by atoms with E-state index in [2.05, 4.69) is 20.2 Å². The Morgan fingerprint density at radius 1 is 1.25 bits per heavy atom. The number of nitrogen functional groups attached to an aromatic ring is 1. The zero-order chi connectivity index (χ0) is 22.5. The van der Waals surface area contributed by atoms with E-state index >= 15 is 0 Å². The van der Waals surface area contributed by atoms with Crippen molar-refractivity contribution in [3.63, 3.8) is 0 Å². The van der Waals surface area contributed by atoms with Gasteiger partial charge in [0, 0.05) is 17.4 Å². The maximum Gasteiger partial charge on any atom is 0.238 e. The summed E-state index contributed by atoms with van der Waals surface area (Å²) in [6, 6.07) is 13.4. The van der Waals surface area contributed by atoms with Crippen molar-refractivity contribution in [2.75, 3.05) is 31.2 Å². The van der Waals surface area contributed by atoms with Gasteiger partial charge in [-0.15, -0.1) is 0 Å². The quantitative estimate of drug-likeness (QED) is 0.607. The molecule has 1 aromatic heterocycles. The molecule has 0 unspecified atom stereocenters. The number of benzene rings is 2. The molecule has 1 saturated heterocycles. The van der Waals surface area contributed by atoms with Gasteiger partial charge in [-0.05, 0) is 61.3 Å². The fourth-order valence-corrected chi connectivity index (χ4v) is 4.09. The van der Waals surface area contributed by atoms with E-state index in [1.54, 1.807) is 43.6 Å². The number of likely N-dealkylation sites (tertiary alicyclic amines) is 1. The first kappa shape index (κ1) is 21.7. The lowest BCUT2D eigenvalue weighted by Gasteiger charge is -2.35. The number of nitrogens with one attached hydrogen (secondary N) is 1. The summed E-state index contributed by atoms with van der Waals surface area (Å²) >= 11 is 0. The average Bonchev–Trinajstić information content (AvgIpc) is 2.80. The topological polar surface area (TPSA) is 93.4 Å². The van der Waals surface area contributed by atoms with Gasteiger partial charge in [0.15, 0.2) is 0 Å². The molecule has 0 saturated carbocycles. The Balaban J connectivity index is 1.57.